The number of anilines is 1. The second kappa shape index (κ2) is 7.21. The first-order chi connectivity index (χ1) is 10.2. The molecule has 1 aromatic rings. The second-order valence-electron chi connectivity index (χ2n) is 5.15. The fourth-order valence-corrected chi connectivity index (χ4v) is 2.69. The van der Waals surface area contributed by atoms with Gasteiger partial charge >= 0.3 is 5.69 Å². The van der Waals surface area contributed by atoms with Crippen LogP contribution < -0.4 is 15.0 Å². The Bertz CT molecular complexity index is 489. The van der Waals surface area contributed by atoms with Gasteiger partial charge in [0.2, 0.25) is 11.7 Å². The first-order valence-corrected chi connectivity index (χ1v) is 7.34. The SMILES string of the molecule is CCCN(c1nc(OC)ccc1[N+](=O)[O-])C1CCCNC1. The molecule has 1 fully saturated rings. The maximum absolute atomic E-state index is 11.3. The van der Waals surface area contributed by atoms with Crippen LogP contribution >= 0.6 is 0 Å². The normalized spacial score (nSPS) is 18.3. The van der Waals surface area contributed by atoms with Gasteiger partial charge in [0, 0.05) is 31.3 Å². The summed E-state index contributed by atoms with van der Waals surface area (Å²) in [5, 5.41) is 14.6. The molecular weight excluding hydrogens is 272 g/mol. The summed E-state index contributed by atoms with van der Waals surface area (Å²) < 4.78 is 5.13. The third-order valence-corrected chi connectivity index (χ3v) is 3.68. The maximum atomic E-state index is 11.3. The molecule has 0 aliphatic carbocycles. The molecule has 0 saturated carbocycles. The number of nitrogens with one attached hydrogen (secondary N) is 1. The van der Waals surface area contributed by atoms with E-state index in [1.165, 1.54) is 19.2 Å². The lowest BCUT2D eigenvalue weighted by Gasteiger charge is -2.35. The van der Waals surface area contributed by atoms with Crippen molar-refractivity contribution in [1.82, 2.24) is 10.3 Å². The van der Waals surface area contributed by atoms with E-state index in [1.807, 2.05) is 4.90 Å². The van der Waals surface area contributed by atoms with Crippen LogP contribution in [-0.4, -0.2) is 42.7 Å². The molecule has 0 aromatic carbocycles. The lowest BCUT2D eigenvalue weighted by molar-refractivity contribution is -0.384. The molecule has 2 heterocycles. The number of methoxy groups -OCH3 is 1. The van der Waals surface area contributed by atoms with Crippen LogP contribution in [0.1, 0.15) is 26.2 Å². The van der Waals surface area contributed by atoms with E-state index in [9.17, 15) is 10.1 Å². The van der Waals surface area contributed by atoms with Crippen LogP contribution in [-0.2, 0) is 0 Å². The zero-order valence-corrected chi connectivity index (χ0v) is 12.5. The Balaban J connectivity index is 2.39. The van der Waals surface area contributed by atoms with Crippen LogP contribution in [0, 0.1) is 10.1 Å². The second-order valence-corrected chi connectivity index (χ2v) is 5.15. The van der Waals surface area contributed by atoms with Crippen LogP contribution in [0.3, 0.4) is 0 Å². The number of nitrogens with zero attached hydrogens (tertiary/aromatic N) is 3. The zero-order valence-electron chi connectivity index (χ0n) is 12.5. The Morgan fingerprint density at radius 1 is 1.57 bits per heavy atom. The van der Waals surface area contributed by atoms with Gasteiger partial charge in [-0.15, -0.1) is 0 Å². The highest BCUT2D eigenvalue weighted by molar-refractivity contribution is 5.59. The van der Waals surface area contributed by atoms with Crippen LogP contribution in [0.4, 0.5) is 11.5 Å². The van der Waals surface area contributed by atoms with Gasteiger partial charge in [0.05, 0.1) is 12.0 Å². The lowest BCUT2D eigenvalue weighted by Crippen LogP contribution is -2.47. The summed E-state index contributed by atoms with van der Waals surface area (Å²) in [6.07, 6.45) is 3.00. The van der Waals surface area contributed by atoms with Crippen molar-refractivity contribution in [3.8, 4) is 5.88 Å². The Morgan fingerprint density at radius 3 is 2.95 bits per heavy atom. The number of hydrogen-bond donors (Lipinski definition) is 1. The summed E-state index contributed by atoms with van der Waals surface area (Å²) in [6, 6.07) is 3.24. The topological polar surface area (TPSA) is 80.5 Å². The summed E-state index contributed by atoms with van der Waals surface area (Å²) in [5.41, 5.74) is 0.0369. The average Bonchev–Trinajstić information content (AvgIpc) is 2.52. The van der Waals surface area contributed by atoms with Gasteiger partial charge in [0.1, 0.15) is 0 Å². The Hall–Kier alpha value is -1.89. The quantitative estimate of drug-likeness (QED) is 0.638. The first kappa shape index (κ1) is 15.5. The van der Waals surface area contributed by atoms with Gasteiger partial charge in [0.25, 0.3) is 0 Å². The van der Waals surface area contributed by atoms with Gasteiger partial charge in [-0.2, -0.15) is 4.98 Å². The van der Waals surface area contributed by atoms with E-state index in [4.69, 9.17) is 4.74 Å². The maximum Gasteiger partial charge on any atom is 0.311 e. The summed E-state index contributed by atoms with van der Waals surface area (Å²) in [6.45, 7) is 4.64. The fourth-order valence-electron chi connectivity index (χ4n) is 2.69. The summed E-state index contributed by atoms with van der Waals surface area (Å²) in [5.74, 6) is 0.815. The molecule has 0 radical (unpaired) electrons. The fraction of sp³-hybridized carbons (Fsp3) is 0.643. The summed E-state index contributed by atoms with van der Waals surface area (Å²) >= 11 is 0. The minimum absolute atomic E-state index is 0.0369. The van der Waals surface area contributed by atoms with Gasteiger partial charge in [-0.05, 0) is 25.8 Å². The summed E-state index contributed by atoms with van der Waals surface area (Å²) in [7, 11) is 1.52. The van der Waals surface area contributed by atoms with Crippen LogP contribution in [0.25, 0.3) is 0 Å². The first-order valence-electron chi connectivity index (χ1n) is 7.34. The molecule has 0 amide bonds. The van der Waals surface area contributed by atoms with Crippen molar-refractivity contribution in [2.24, 2.45) is 0 Å². The predicted molar refractivity (Wildman–Crippen MR) is 81.0 cm³/mol. The van der Waals surface area contributed by atoms with Gasteiger partial charge in [-0.1, -0.05) is 6.92 Å². The molecule has 1 aliphatic heterocycles. The molecule has 0 bridgehead atoms. The Kier molecular flexibility index (Phi) is 5.32. The Labute approximate surface area is 124 Å². The largest absolute Gasteiger partial charge is 0.481 e. The average molecular weight is 294 g/mol. The van der Waals surface area contributed by atoms with Crippen molar-refractivity contribution in [2.75, 3.05) is 31.6 Å². The molecule has 116 valence electrons. The number of ether oxygens (including phenoxy) is 1. The molecule has 7 nitrogen and oxygen atoms in total. The number of aromatic nitrogens is 1. The highest BCUT2D eigenvalue weighted by Gasteiger charge is 2.28. The van der Waals surface area contributed by atoms with Crippen LogP contribution in [0.2, 0.25) is 0 Å². The zero-order chi connectivity index (χ0) is 15.2. The van der Waals surface area contributed by atoms with Crippen molar-refractivity contribution in [2.45, 2.75) is 32.2 Å². The molecule has 1 atom stereocenters. The van der Waals surface area contributed by atoms with Gasteiger partial charge in [-0.3, -0.25) is 10.1 Å². The molecule has 1 saturated heterocycles. The predicted octanol–water partition coefficient (Wildman–Crippen LogP) is 1.97. The van der Waals surface area contributed by atoms with Crippen molar-refractivity contribution in [3.63, 3.8) is 0 Å². The minimum Gasteiger partial charge on any atom is -0.481 e. The number of pyridine rings is 1. The smallest absolute Gasteiger partial charge is 0.311 e. The van der Waals surface area contributed by atoms with Gasteiger partial charge in [-0.25, -0.2) is 0 Å². The van der Waals surface area contributed by atoms with Gasteiger partial charge in [0.15, 0.2) is 0 Å². The number of rotatable bonds is 6. The Morgan fingerprint density at radius 2 is 2.38 bits per heavy atom. The van der Waals surface area contributed by atoms with Crippen LogP contribution in [0.15, 0.2) is 12.1 Å². The van der Waals surface area contributed by atoms with Crippen molar-refractivity contribution in [3.05, 3.63) is 22.2 Å². The van der Waals surface area contributed by atoms with Crippen molar-refractivity contribution < 1.29 is 9.66 Å². The molecule has 1 N–H and O–H groups in total. The monoisotopic (exact) mass is 294 g/mol. The summed E-state index contributed by atoms with van der Waals surface area (Å²) in [4.78, 5) is 17.3. The standard InChI is InChI=1S/C14H22N4O3/c1-3-9-17(11-5-4-8-15-10-11)14-12(18(19)20)6-7-13(16-14)21-2/h6-7,11,15H,3-5,8-10H2,1-2H3. The molecule has 1 unspecified atom stereocenters. The van der Waals surface area contributed by atoms with E-state index in [2.05, 4.69) is 17.2 Å². The number of piperidine rings is 1. The van der Waals surface area contributed by atoms with E-state index in [-0.39, 0.29) is 16.7 Å². The highest BCUT2D eigenvalue weighted by atomic mass is 16.6. The van der Waals surface area contributed by atoms with Gasteiger partial charge < -0.3 is 15.0 Å². The van der Waals surface area contributed by atoms with Crippen molar-refractivity contribution >= 4 is 11.5 Å². The third-order valence-electron chi connectivity index (χ3n) is 3.68. The molecule has 1 aromatic heterocycles. The van der Waals surface area contributed by atoms with Crippen molar-refractivity contribution in [1.29, 1.82) is 0 Å². The van der Waals surface area contributed by atoms with E-state index in [1.54, 1.807) is 0 Å². The molecule has 21 heavy (non-hydrogen) atoms. The van der Waals surface area contributed by atoms with E-state index < -0.39 is 0 Å². The highest BCUT2D eigenvalue weighted by Crippen LogP contribution is 2.31. The minimum atomic E-state index is -0.374. The van der Waals surface area contributed by atoms with E-state index in [0.717, 1.165) is 38.9 Å². The molecule has 7 heteroatoms. The van der Waals surface area contributed by atoms with Crippen LogP contribution in [0.5, 0.6) is 5.88 Å². The van der Waals surface area contributed by atoms with E-state index >= 15 is 0 Å². The molecule has 0 spiro atoms. The molecule has 2 rings (SSSR count). The molecular formula is C14H22N4O3. The third kappa shape index (κ3) is 3.60. The van der Waals surface area contributed by atoms with E-state index in [0.29, 0.717) is 11.7 Å². The lowest BCUT2D eigenvalue weighted by atomic mass is 10.1. The number of hydrogen-bond acceptors (Lipinski definition) is 6. The molecule has 1 aliphatic rings. The number of nitro groups is 1.